The summed E-state index contributed by atoms with van der Waals surface area (Å²) in [7, 11) is -4.55. The van der Waals surface area contributed by atoms with Gasteiger partial charge in [-0.1, -0.05) is 24.3 Å². The predicted molar refractivity (Wildman–Crippen MR) is 146 cm³/mol. The van der Waals surface area contributed by atoms with Crippen molar-refractivity contribution in [2.24, 2.45) is 0 Å². The van der Waals surface area contributed by atoms with Crippen LogP contribution in [0.25, 0.3) is 10.9 Å². The summed E-state index contributed by atoms with van der Waals surface area (Å²) in [5, 5.41) is 2.17. The summed E-state index contributed by atoms with van der Waals surface area (Å²) in [5.41, 5.74) is -1.71. The number of sulfonamides is 1. The average Bonchev–Trinajstić information content (AvgIpc) is 3.65. The fourth-order valence-electron chi connectivity index (χ4n) is 4.35. The summed E-state index contributed by atoms with van der Waals surface area (Å²) < 4.78 is 77.1. The van der Waals surface area contributed by atoms with E-state index in [9.17, 15) is 31.2 Å². The van der Waals surface area contributed by atoms with Crippen LogP contribution in [0.5, 0.6) is 0 Å². The predicted octanol–water partition coefficient (Wildman–Crippen LogP) is 5.45. The number of carbonyl (C=O) groups excluding carboxylic acids is 1. The first kappa shape index (κ1) is 28.3. The van der Waals surface area contributed by atoms with Crippen molar-refractivity contribution in [1.82, 2.24) is 14.6 Å². The third kappa shape index (κ3) is 6.42. The normalized spacial score (nSPS) is 12.9. The summed E-state index contributed by atoms with van der Waals surface area (Å²) in [6.07, 6.45) is -3.47. The Morgan fingerprint density at radius 3 is 2.51 bits per heavy atom. The van der Waals surface area contributed by atoms with Crippen molar-refractivity contribution < 1.29 is 30.8 Å². The first-order chi connectivity index (χ1) is 19.5. The van der Waals surface area contributed by atoms with Crippen molar-refractivity contribution in [2.75, 3.05) is 0 Å². The minimum Gasteiger partial charge on any atom is -0.467 e. The van der Waals surface area contributed by atoms with Crippen LogP contribution in [0.3, 0.4) is 0 Å². The standard InChI is InChI=1S/C28H22F3N3O5S2/c29-28(30,31)23-8-2-1-7-22(23)26(27(36)34(16-19-5-3-13-39-19)17-20-6-4-14-40-20)33-41(37,38)21-10-11-24-18(15-21)9-12-25(35)32-24/h1-15,26,33H,16-17H2,(H,32,35). The molecule has 41 heavy (non-hydrogen) atoms. The van der Waals surface area contributed by atoms with Gasteiger partial charge in [0.2, 0.25) is 21.5 Å². The molecule has 1 amide bonds. The molecule has 1 atom stereocenters. The molecular formula is C28H22F3N3O5S2. The van der Waals surface area contributed by atoms with Crippen molar-refractivity contribution in [2.45, 2.75) is 30.2 Å². The van der Waals surface area contributed by atoms with Crippen molar-refractivity contribution in [3.05, 3.63) is 123 Å². The summed E-state index contributed by atoms with van der Waals surface area (Å²) in [6, 6.07) is 15.6. The highest BCUT2D eigenvalue weighted by Gasteiger charge is 2.40. The molecule has 0 radical (unpaired) electrons. The molecule has 0 aliphatic heterocycles. The van der Waals surface area contributed by atoms with Gasteiger partial charge >= 0.3 is 6.18 Å². The Morgan fingerprint density at radius 2 is 1.80 bits per heavy atom. The van der Waals surface area contributed by atoms with Crippen molar-refractivity contribution >= 4 is 38.2 Å². The van der Waals surface area contributed by atoms with Crippen LogP contribution >= 0.6 is 11.3 Å². The Balaban J connectivity index is 1.59. The van der Waals surface area contributed by atoms with E-state index in [1.807, 2.05) is 0 Å². The van der Waals surface area contributed by atoms with Crippen LogP contribution in [0.15, 0.2) is 105 Å². The zero-order valence-corrected chi connectivity index (χ0v) is 22.7. The number of aromatic nitrogens is 1. The number of amides is 1. The second kappa shape index (κ2) is 11.4. The van der Waals surface area contributed by atoms with Gasteiger partial charge in [-0.15, -0.1) is 11.3 Å². The number of carbonyl (C=O) groups is 1. The zero-order chi connectivity index (χ0) is 29.2. The van der Waals surface area contributed by atoms with Crippen LogP contribution in [0.2, 0.25) is 0 Å². The van der Waals surface area contributed by atoms with Crippen LogP contribution < -0.4 is 10.3 Å². The molecule has 0 aliphatic rings. The third-order valence-electron chi connectivity index (χ3n) is 6.27. The molecule has 2 N–H and O–H groups in total. The highest BCUT2D eigenvalue weighted by atomic mass is 32.2. The van der Waals surface area contributed by atoms with E-state index in [-0.39, 0.29) is 23.5 Å². The first-order valence-corrected chi connectivity index (χ1v) is 14.5. The number of thiophene rings is 1. The van der Waals surface area contributed by atoms with Crippen LogP contribution in [0.1, 0.15) is 27.8 Å². The monoisotopic (exact) mass is 601 g/mol. The lowest BCUT2D eigenvalue weighted by Crippen LogP contribution is -2.43. The van der Waals surface area contributed by atoms with Crippen LogP contribution in [0, 0.1) is 0 Å². The zero-order valence-electron chi connectivity index (χ0n) is 21.1. The molecule has 0 aliphatic carbocycles. The number of nitrogens with one attached hydrogen (secondary N) is 2. The van der Waals surface area contributed by atoms with Crippen LogP contribution in [-0.4, -0.2) is 24.2 Å². The molecule has 8 nitrogen and oxygen atoms in total. The first-order valence-electron chi connectivity index (χ1n) is 12.2. The number of fused-ring (bicyclic) bond motifs is 1. The number of rotatable bonds is 9. The van der Waals surface area contributed by atoms with Gasteiger partial charge in [0.25, 0.3) is 0 Å². The topological polar surface area (TPSA) is 112 Å². The molecular weight excluding hydrogens is 579 g/mol. The van der Waals surface area contributed by atoms with Gasteiger partial charge in [-0.2, -0.15) is 17.9 Å². The largest absolute Gasteiger partial charge is 0.467 e. The molecule has 0 saturated heterocycles. The Labute approximate surface area is 236 Å². The maximum Gasteiger partial charge on any atom is 0.416 e. The number of hydrogen-bond acceptors (Lipinski definition) is 6. The van der Waals surface area contributed by atoms with E-state index in [1.165, 1.54) is 65.0 Å². The fourth-order valence-corrected chi connectivity index (χ4v) is 6.28. The summed E-state index contributed by atoms with van der Waals surface area (Å²) in [5.74, 6) is -0.538. The number of alkyl halides is 3. The molecule has 3 aromatic heterocycles. The summed E-state index contributed by atoms with van der Waals surface area (Å²) in [4.78, 5) is 30.0. The molecule has 212 valence electrons. The number of benzene rings is 2. The Morgan fingerprint density at radius 1 is 1.00 bits per heavy atom. The Kier molecular flexibility index (Phi) is 7.84. The molecule has 13 heteroatoms. The lowest BCUT2D eigenvalue weighted by Gasteiger charge is -2.28. The van der Waals surface area contributed by atoms with E-state index >= 15 is 0 Å². The third-order valence-corrected chi connectivity index (χ3v) is 8.55. The van der Waals surface area contributed by atoms with Crippen molar-refractivity contribution in [1.29, 1.82) is 0 Å². The van der Waals surface area contributed by atoms with Crippen LogP contribution in [0.4, 0.5) is 13.2 Å². The highest BCUT2D eigenvalue weighted by molar-refractivity contribution is 7.89. The summed E-state index contributed by atoms with van der Waals surface area (Å²) >= 11 is 1.34. The van der Waals surface area contributed by atoms with Gasteiger partial charge in [0, 0.05) is 16.5 Å². The molecule has 0 saturated carbocycles. The second-order valence-electron chi connectivity index (χ2n) is 9.06. The maximum atomic E-state index is 14.1. The van der Waals surface area contributed by atoms with E-state index in [4.69, 9.17) is 4.42 Å². The quantitative estimate of drug-likeness (QED) is 0.233. The van der Waals surface area contributed by atoms with E-state index < -0.39 is 39.3 Å². The summed E-state index contributed by atoms with van der Waals surface area (Å²) in [6.45, 7) is -0.105. The smallest absolute Gasteiger partial charge is 0.416 e. The van der Waals surface area contributed by atoms with Crippen molar-refractivity contribution in [3.63, 3.8) is 0 Å². The molecule has 5 rings (SSSR count). The lowest BCUT2D eigenvalue weighted by atomic mass is 9.99. The molecule has 5 aromatic rings. The van der Waals surface area contributed by atoms with E-state index in [0.717, 1.165) is 17.0 Å². The van der Waals surface area contributed by atoms with Gasteiger partial charge in [0.1, 0.15) is 11.8 Å². The van der Waals surface area contributed by atoms with Gasteiger partial charge < -0.3 is 14.3 Å². The maximum absolute atomic E-state index is 14.1. The van der Waals surface area contributed by atoms with Gasteiger partial charge in [-0.25, -0.2) is 8.42 Å². The fraction of sp³-hybridized carbons (Fsp3) is 0.143. The molecule has 2 aromatic carbocycles. The number of furan rings is 1. The number of halogens is 3. The van der Waals surface area contributed by atoms with E-state index in [0.29, 0.717) is 16.7 Å². The Bertz CT molecular complexity index is 1800. The van der Waals surface area contributed by atoms with Crippen molar-refractivity contribution in [3.8, 4) is 0 Å². The second-order valence-corrected chi connectivity index (χ2v) is 11.8. The van der Waals surface area contributed by atoms with Gasteiger partial charge in [0.15, 0.2) is 0 Å². The van der Waals surface area contributed by atoms with Crippen LogP contribution in [-0.2, 0) is 34.1 Å². The van der Waals surface area contributed by atoms with E-state index in [1.54, 1.807) is 29.6 Å². The number of aromatic amines is 1. The van der Waals surface area contributed by atoms with E-state index in [2.05, 4.69) is 9.71 Å². The lowest BCUT2D eigenvalue weighted by molar-refractivity contribution is -0.140. The SMILES string of the molecule is O=C(C(NS(=O)(=O)c1ccc2[nH]c(=O)ccc2c1)c1ccccc1C(F)(F)F)N(Cc1ccco1)Cc1cccs1. The number of hydrogen-bond donors (Lipinski definition) is 2. The van der Waals surface area contributed by atoms with Gasteiger partial charge in [0.05, 0.1) is 29.8 Å². The molecule has 0 fully saturated rings. The molecule has 0 spiro atoms. The number of pyridine rings is 1. The minimum atomic E-state index is -4.87. The molecule has 1 unspecified atom stereocenters. The van der Waals surface area contributed by atoms with Gasteiger partial charge in [-0.05, 0) is 64.9 Å². The molecule has 0 bridgehead atoms. The number of nitrogens with zero attached hydrogens (tertiary/aromatic N) is 1. The molecule has 3 heterocycles. The number of H-pyrrole nitrogens is 1. The van der Waals surface area contributed by atoms with Gasteiger partial charge in [-0.3, -0.25) is 9.59 Å². The minimum absolute atomic E-state index is 0.00690. The Hall–Kier alpha value is -4.20. The highest BCUT2D eigenvalue weighted by Crippen LogP contribution is 2.36. The average molecular weight is 602 g/mol.